The fraction of sp³-hybridized carbons (Fsp3) is 0.286. The van der Waals surface area contributed by atoms with Crippen molar-refractivity contribution in [3.05, 3.63) is 71.5 Å². The molecule has 0 aliphatic carbocycles. The second-order valence-electron chi connectivity index (χ2n) is 6.44. The van der Waals surface area contributed by atoms with E-state index in [-0.39, 0.29) is 5.91 Å². The summed E-state index contributed by atoms with van der Waals surface area (Å²) in [6.45, 7) is 2.98. The number of thioether (sulfide) groups is 1. The van der Waals surface area contributed by atoms with Crippen LogP contribution in [0, 0.1) is 6.92 Å². The van der Waals surface area contributed by atoms with E-state index in [0.717, 1.165) is 17.7 Å². The van der Waals surface area contributed by atoms with Crippen LogP contribution in [-0.4, -0.2) is 33.0 Å². The molecule has 0 saturated carbocycles. The first-order valence-corrected chi connectivity index (χ1v) is 10.1. The zero-order valence-corrected chi connectivity index (χ0v) is 16.9. The first-order chi connectivity index (χ1) is 13.6. The van der Waals surface area contributed by atoms with E-state index in [0.29, 0.717) is 29.9 Å². The molecule has 0 bridgehead atoms. The molecule has 3 rings (SSSR count). The highest BCUT2D eigenvalue weighted by Gasteiger charge is 2.12. The Balaban J connectivity index is 1.42. The first-order valence-electron chi connectivity index (χ1n) is 9.13. The van der Waals surface area contributed by atoms with Gasteiger partial charge in [-0.3, -0.25) is 4.79 Å². The molecule has 1 aromatic heterocycles. The third-order valence-corrected chi connectivity index (χ3v) is 5.21. The van der Waals surface area contributed by atoms with Gasteiger partial charge in [-0.2, -0.15) is 0 Å². The monoisotopic (exact) mass is 396 g/mol. The van der Waals surface area contributed by atoms with Crippen molar-refractivity contribution in [2.24, 2.45) is 7.05 Å². The van der Waals surface area contributed by atoms with Gasteiger partial charge in [-0.15, -0.1) is 10.2 Å². The van der Waals surface area contributed by atoms with Crippen LogP contribution in [0.1, 0.15) is 17.0 Å². The van der Waals surface area contributed by atoms with Crippen molar-refractivity contribution in [3.8, 4) is 5.75 Å². The summed E-state index contributed by atoms with van der Waals surface area (Å²) in [6.07, 6.45) is 0.821. The number of aromatic nitrogens is 3. The number of hydrogen-bond donors (Lipinski definition) is 1. The van der Waals surface area contributed by atoms with Gasteiger partial charge in [0.2, 0.25) is 5.91 Å². The number of carbonyl (C=O) groups is 1. The highest BCUT2D eigenvalue weighted by atomic mass is 32.2. The summed E-state index contributed by atoms with van der Waals surface area (Å²) in [4.78, 5) is 12.1. The van der Waals surface area contributed by atoms with E-state index in [4.69, 9.17) is 4.74 Å². The van der Waals surface area contributed by atoms with Crippen LogP contribution in [-0.2, 0) is 24.9 Å². The predicted octanol–water partition coefficient (Wildman–Crippen LogP) is 3.15. The first kappa shape index (κ1) is 19.9. The van der Waals surface area contributed by atoms with Crippen molar-refractivity contribution >= 4 is 17.7 Å². The highest BCUT2D eigenvalue weighted by molar-refractivity contribution is 7.99. The number of ether oxygens (including phenoxy) is 1. The Hall–Kier alpha value is -2.80. The molecule has 3 aromatic rings. The molecule has 1 amide bonds. The molecule has 0 saturated heterocycles. The number of hydrogen-bond acceptors (Lipinski definition) is 5. The van der Waals surface area contributed by atoms with Gasteiger partial charge in [-0.1, -0.05) is 54.2 Å². The molecule has 1 N–H and O–H groups in total. The predicted molar refractivity (Wildman–Crippen MR) is 110 cm³/mol. The molecule has 0 aliphatic rings. The topological polar surface area (TPSA) is 69.0 Å². The van der Waals surface area contributed by atoms with Crippen LogP contribution in [0.25, 0.3) is 0 Å². The summed E-state index contributed by atoms with van der Waals surface area (Å²) in [5.41, 5.74) is 2.35. The molecule has 7 heteroatoms. The van der Waals surface area contributed by atoms with E-state index in [1.54, 1.807) is 0 Å². The third kappa shape index (κ3) is 5.85. The maximum atomic E-state index is 12.1. The average Bonchev–Trinajstić information content (AvgIpc) is 3.05. The van der Waals surface area contributed by atoms with E-state index >= 15 is 0 Å². The van der Waals surface area contributed by atoms with Crippen molar-refractivity contribution in [1.29, 1.82) is 0 Å². The minimum absolute atomic E-state index is 0.0125. The maximum absolute atomic E-state index is 12.1. The standard InChI is InChI=1S/C21H24N4O2S/c1-16-7-6-10-18(13-16)27-14-19-23-24-21(25(19)2)28-15-20(26)22-12-11-17-8-4-3-5-9-17/h3-10,13H,11-12,14-15H2,1-2H3,(H,22,26). The fourth-order valence-electron chi connectivity index (χ4n) is 2.62. The minimum Gasteiger partial charge on any atom is -0.486 e. The number of benzene rings is 2. The quantitative estimate of drug-likeness (QED) is 0.563. The molecule has 0 spiro atoms. The van der Waals surface area contributed by atoms with Gasteiger partial charge in [0.15, 0.2) is 11.0 Å². The smallest absolute Gasteiger partial charge is 0.230 e. The molecule has 1 heterocycles. The molecule has 6 nitrogen and oxygen atoms in total. The lowest BCUT2D eigenvalue weighted by atomic mass is 10.1. The van der Waals surface area contributed by atoms with Crippen LogP contribution in [0.5, 0.6) is 5.75 Å². The lowest BCUT2D eigenvalue weighted by Crippen LogP contribution is -2.27. The molecule has 0 atom stereocenters. The van der Waals surface area contributed by atoms with Gasteiger partial charge in [0, 0.05) is 13.6 Å². The summed E-state index contributed by atoms with van der Waals surface area (Å²) in [5.74, 6) is 1.81. The van der Waals surface area contributed by atoms with E-state index in [9.17, 15) is 4.79 Å². The van der Waals surface area contributed by atoms with Gasteiger partial charge in [0.25, 0.3) is 0 Å². The Morgan fingerprint density at radius 2 is 1.96 bits per heavy atom. The van der Waals surface area contributed by atoms with E-state index in [1.807, 2.05) is 61.0 Å². The number of carbonyl (C=O) groups excluding carboxylic acids is 1. The van der Waals surface area contributed by atoms with Crippen molar-refractivity contribution in [2.75, 3.05) is 12.3 Å². The molecular weight excluding hydrogens is 372 g/mol. The largest absolute Gasteiger partial charge is 0.486 e. The van der Waals surface area contributed by atoms with Crippen LogP contribution in [0.3, 0.4) is 0 Å². The molecule has 0 unspecified atom stereocenters. The zero-order chi connectivity index (χ0) is 19.8. The SMILES string of the molecule is Cc1cccc(OCc2nnc(SCC(=O)NCCc3ccccc3)n2C)c1. The minimum atomic E-state index is -0.0125. The molecular formula is C21H24N4O2S. The highest BCUT2D eigenvalue weighted by Crippen LogP contribution is 2.17. The molecule has 2 aromatic carbocycles. The number of nitrogens with zero attached hydrogens (tertiary/aromatic N) is 3. The Kier molecular flexibility index (Phi) is 7.08. The van der Waals surface area contributed by atoms with Crippen LogP contribution in [0.4, 0.5) is 0 Å². The lowest BCUT2D eigenvalue weighted by molar-refractivity contribution is -0.118. The van der Waals surface area contributed by atoms with E-state index < -0.39 is 0 Å². The molecule has 0 aliphatic heterocycles. The Bertz CT molecular complexity index is 912. The number of rotatable bonds is 9. The Morgan fingerprint density at radius 3 is 2.75 bits per heavy atom. The van der Waals surface area contributed by atoms with Gasteiger partial charge in [0.05, 0.1) is 5.75 Å². The summed E-state index contributed by atoms with van der Waals surface area (Å²) in [7, 11) is 1.88. The summed E-state index contributed by atoms with van der Waals surface area (Å²) >= 11 is 1.37. The van der Waals surface area contributed by atoms with Crippen LogP contribution < -0.4 is 10.1 Å². The summed E-state index contributed by atoms with van der Waals surface area (Å²) in [6, 6.07) is 18.0. The summed E-state index contributed by atoms with van der Waals surface area (Å²) in [5, 5.41) is 12.0. The number of nitrogens with one attached hydrogen (secondary N) is 1. The third-order valence-electron chi connectivity index (χ3n) is 4.19. The van der Waals surface area contributed by atoms with Gasteiger partial charge in [0.1, 0.15) is 12.4 Å². The second kappa shape index (κ2) is 9.94. The van der Waals surface area contributed by atoms with Crippen LogP contribution in [0.2, 0.25) is 0 Å². The van der Waals surface area contributed by atoms with Gasteiger partial charge >= 0.3 is 0 Å². The molecule has 0 fully saturated rings. The number of aryl methyl sites for hydroxylation is 1. The Labute approximate surface area is 169 Å². The van der Waals surface area contributed by atoms with Crippen molar-refractivity contribution in [3.63, 3.8) is 0 Å². The second-order valence-corrected chi connectivity index (χ2v) is 7.38. The Morgan fingerprint density at radius 1 is 1.14 bits per heavy atom. The van der Waals surface area contributed by atoms with Crippen LogP contribution in [0.15, 0.2) is 59.8 Å². The van der Waals surface area contributed by atoms with Gasteiger partial charge in [-0.25, -0.2) is 0 Å². The fourth-order valence-corrected chi connectivity index (χ4v) is 3.38. The molecule has 28 heavy (non-hydrogen) atoms. The average molecular weight is 397 g/mol. The zero-order valence-electron chi connectivity index (χ0n) is 16.1. The lowest BCUT2D eigenvalue weighted by Gasteiger charge is -2.07. The molecule has 146 valence electrons. The van der Waals surface area contributed by atoms with Gasteiger partial charge in [-0.05, 0) is 36.6 Å². The maximum Gasteiger partial charge on any atom is 0.230 e. The molecule has 0 radical (unpaired) electrons. The van der Waals surface area contributed by atoms with E-state index in [1.165, 1.54) is 17.3 Å². The van der Waals surface area contributed by atoms with E-state index in [2.05, 4.69) is 27.6 Å². The summed E-state index contributed by atoms with van der Waals surface area (Å²) < 4.78 is 7.63. The van der Waals surface area contributed by atoms with Crippen molar-refractivity contribution in [1.82, 2.24) is 20.1 Å². The van der Waals surface area contributed by atoms with Crippen molar-refractivity contribution in [2.45, 2.75) is 25.1 Å². The van der Waals surface area contributed by atoms with Gasteiger partial charge < -0.3 is 14.6 Å². The van der Waals surface area contributed by atoms with Crippen LogP contribution >= 0.6 is 11.8 Å². The number of amides is 1. The van der Waals surface area contributed by atoms with Crippen molar-refractivity contribution < 1.29 is 9.53 Å². The normalized spacial score (nSPS) is 10.6.